The van der Waals surface area contributed by atoms with Crippen molar-refractivity contribution < 1.29 is 5.11 Å². The monoisotopic (exact) mass is 213 g/mol. The highest BCUT2D eigenvalue weighted by molar-refractivity contribution is 4.90. The second-order valence-electron chi connectivity index (χ2n) is 5.63. The van der Waals surface area contributed by atoms with E-state index < -0.39 is 0 Å². The summed E-state index contributed by atoms with van der Waals surface area (Å²) < 4.78 is 0. The molecule has 1 saturated carbocycles. The minimum Gasteiger partial charge on any atom is -0.396 e. The van der Waals surface area contributed by atoms with E-state index in [1.165, 1.54) is 25.7 Å². The van der Waals surface area contributed by atoms with E-state index in [0.29, 0.717) is 24.0 Å². The molecule has 2 nitrogen and oxygen atoms in total. The van der Waals surface area contributed by atoms with Crippen molar-refractivity contribution in [2.75, 3.05) is 13.2 Å². The van der Waals surface area contributed by atoms with Gasteiger partial charge in [-0.15, -0.1) is 0 Å². The minimum atomic E-state index is 0.328. The first-order valence-corrected chi connectivity index (χ1v) is 6.44. The molecule has 0 amide bonds. The highest BCUT2D eigenvalue weighted by atomic mass is 16.3. The van der Waals surface area contributed by atoms with E-state index in [4.69, 9.17) is 5.11 Å². The van der Waals surface area contributed by atoms with Crippen molar-refractivity contribution in [2.45, 2.75) is 58.9 Å². The third kappa shape index (κ3) is 3.76. The fraction of sp³-hybridized carbons (Fsp3) is 1.00. The van der Waals surface area contributed by atoms with Gasteiger partial charge in [0.25, 0.3) is 0 Å². The number of aliphatic hydroxyl groups is 1. The summed E-state index contributed by atoms with van der Waals surface area (Å²) in [6.07, 6.45) is 6.14. The molecule has 2 heteroatoms. The molecule has 0 bridgehead atoms. The molecule has 1 aliphatic carbocycles. The highest BCUT2D eigenvalue weighted by Crippen LogP contribution is 2.37. The Morgan fingerprint density at radius 1 is 1.47 bits per heavy atom. The first-order chi connectivity index (χ1) is 7.10. The SMILES string of the molecule is CCC(CCO)CNC1CCCC1(C)C. The van der Waals surface area contributed by atoms with Crippen LogP contribution in [0.2, 0.25) is 0 Å². The molecule has 2 atom stereocenters. The van der Waals surface area contributed by atoms with Gasteiger partial charge in [-0.25, -0.2) is 0 Å². The predicted molar refractivity (Wildman–Crippen MR) is 64.9 cm³/mol. The molecule has 0 radical (unpaired) electrons. The smallest absolute Gasteiger partial charge is 0.0434 e. The Balaban J connectivity index is 2.29. The minimum absolute atomic E-state index is 0.328. The maximum atomic E-state index is 8.93. The molecular formula is C13H27NO. The van der Waals surface area contributed by atoms with Gasteiger partial charge in [-0.2, -0.15) is 0 Å². The van der Waals surface area contributed by atoms with Crippen LogP contribution in [0.1, 0.15) is 52.9 Å². The summed E-state index contributed by atoms with van der Waals surface area (Å²) in [6.45, 7) is 8.34. The second-order valence-corrected chi connectivity index (χ2v) is 5.63. The first kappa shape index (κ1) is 13.0. The van der Waals surface area contributed by atoms with Crippen molar-refractivity contribution in [3.63, 3.8) is 0 Å². The van der Waals surface area contributed by atoms with Crippen LogP contribution in [-0.4, -0.2) is 24.3 Å². The summed E-state index contributed by atoms with van der Waals surface area (Å²) in [6, 6.07) is 0.685. The topological polar surface area (TPSA) is 32.3 Å². The van der Waals surface area contributed by atoms with Crippen LogP contribution < -0.4 is 5.32 Å². The molecule has 0 heterocycles. The Kier molecular flexibility index (Phi) is 5.07. The van der Waals surface area contributed by atoms with E-state index in [1.807, 2.05) is 0 Å². The van der Waals surface area contributed by atoms with E-state index in [-0.39, 0.29) is 0 Å². The standard InChI is InChI=1S/C13H27NO/c1-4-11(7-9-15)10-14-12-6-5-8-13(12,2)3/h11-12,14-15H,4-10H2,1-3H3. The third-order valence-electron chi connectivity index (χ3n) is 4.02. The lowest BCUT2D eigenvalue weighted by Gasteiger charge is -2.29. The van der Waals surface area contributed by atoms with E-state index >= 15 is 0 Å². The van der Waals surface area contributed by atoms with Gasteiger partial charge in [0.2, 0.25) is 0 Å². The zero-order valence-corrected chi connectivity index (χ0v) is 10.6. The van der Waals surface area contributed by atoms with Gasteiger partial charge in [0, 0.05) is 12.6 Å². The van der Waals surface area contributed by atoms with Crippen molar-refractivity contribution in [1.82, 2.24) is 5.32 Å². The van der Waals surface area contributed by atoms with Crippen LogP contribution >= 0.6 is 0 Å². The fourth-order valence-corrected chi connectivity index (χ4v) is 2.65. The number of nitrogens with one attached hydrogen (secondary N) is 1. The summed E-state index contributed by atoms with van der Waals surface area (Å²) in [7, 11) is 0. The van der Waals surface area contributed by atoms with Crippen molar-refractivity contribution in [3.05, 3.63) is 0 Å². The molecule has 15 heavy (non-hydrogen) atoms. The van der Waals surface area contributed by atoms with Crippen molar-refractivity contribution in [3.8, 4) is 0 Å². The van der Waals surface area contributed by atoms with Crippen LogP contribution in [0.25, 0.3) is 0 Å². The van der Waals surface area contributed by atoms with E-state index in [9.17, 15) is 0 Å². The summed E-state index contributed by atoms with van der Waals surface area (Å²) in [4.78, 5) is 0. The van der Waals surface area contributed by atoms with Crippen LogP contribution in [0.15, 0.2) is 0 Å². The quantitative estimate of drug-likeness (QED) is 0.711. The normalized spacial score (nSPS) is 26.8. The summed E-state index contributed by atoms with van der Waals surface area (Å²) in [5.74, 6) is 0.645. The lowest BCUT2D eigenvalue weighted by Crippen LogP contribution is -2.40. The Labute approximate surface area is 94.5 Å². The average Bonchev–Trinajstić information content (AvgIpc) is 2.52. The number of hydrogen-bond acceptors (Lipinski definition) is 2. The number of hydrogen-bond donors (Lipinski definition) is 2. The first-order valence-electron chi connectivity index (χ1n) is 6.44. The third-order valence-corrected chi connectivity index (χ3v) is 4.02. The van der Waals surface area contributed by atoms with E-state index in [0.717, 1.165) is 13.0 Å². The Morgan fingerprint density at radius 3 is 2.67 bits per heavy atom. The molecule has 90 valence electrons. The lowest BCUT2D eigenvalue weighted by molar-refractivity contribution is 0.231. The molecule has 1 fully saturated rings. The summed E-state index contributed by atoms with van der Waals surface area (Å²) >= 11 is 0. The summed E-state index contributed by atoms with van der Waals surface area (Å²) in [5, 5.41) is 12.6. The van der Waals surface area contributed by atoms with Gasteiger partial charge in [0.15, 0.2) is 0 Å². The molecule has 0 aromatic carbocycles. The van der Waals surface area contributed by atoms with Gasteiger partial charge in [-0.1, -0.05) is 33.6 Å². The van der Waals surface area contributed by atoms with Crippen LogP contribution in [0.4, 0.5) is 0 Å². The molecule has 0 aliphatic heterocycles. The molecule has 2 unspecified atom stereocenters. The average molecular weight is 213 g/mol. The summed E-state index contributed by atoms with van der Waals surface area (Å²) in [5.41, 5.74) is 0.470. The van der Waals surface area contributed by atoms with E-state index in [2.05, 4.69) is 26.1 Å². The molecular weight excluding hydrogens is 186 g/mol. The molecule has 0 aromatic rings. The van der Waals surface area contributed by atoms with Crippen LogP contribution in [-0.2, 0) is 0 Å². The molecule has 0 aromatic heterocycles. The fourth-order valence-electron chi connectivity index (χ4n) is 2.65. The zero-order valence-electron chi connectivity index (χ0n) is 10.6. The molecule has 2 N–H and O–H groups in total. The maximum Gasteiger partial charge on any atom is 0.0434 e. The Bertz CT molecular complexity index is 179. The van der Waals surface area contributed by atoms with Gasteiger partial charge < -0.3 is 10.4 Å². The molecule has 0 spiro atoms. The Morgan fingerprint density at radius 2 is 2.20 bits per heavy atom. The van der Waals surface area contributed by atoms with Crippen molar-refractivity contribution in [2.24, 2.45) is 11.3 Å². The molecule has 0 saturated heterocycles. The van der Waals surface area contributed by atoms with Crippen LogP contribution in [0, 0.1) is 11.3 Å². The zero-order chi connectivity index (χ0) is 11.3. The van der Waals surface area contributed by atoms with Gasteiger partial charge in [-0.05, 0) is 37.1 Å². The van der Waals surface area contributed by atoms with E-state index in [1.54, 1.807) is 0 Å². The Hall–Kier alpha value is -0.0800. The van der Waals surface area contributed by atoms with Crippen molar-refractivity contribution >= 4 is 0 Å². The molecule has 1 aliphatic rings. The second kappa shape index (κ2) is 5.86. The van der Waals surface area contributed by atoms with Gasteiger partial charge in [0.1, 0.15) is 0 Å². The van der Waals surface area contributed by atoms with Gasteiger partial charge in [-0.3, -0.25) is 0 Å². The maximum absolute atomic E-state index is 8.93. The molecule has 1 rings (SSSR count). The van der Waals surface area contributed by atoms with Gasteiger partial charge in [0.05, 0.1) is 0 Å². The lowest BCUT2D eigenvalue weighted by atomic mass is 9.87. The van der Waals surface area contributed by atoms with Crippen LogP contribution in [0.3, 0.4) is 0 Å². The highest BCUT2D eigenvalue weighted by Gasteiger charge is 2.33. The predicted octanol–water partition coefficient (Wildman–Crippen LogP) is 2.56. The largest absolute Gasteiger partial charge is 0.396 e. The van der Waals surface area contributed by atoms with Crippen molar-refractivity contribution in [1.29, 1.82) is 0 Å². The number of rotatable bonds is 6. The van der Waals surface area contributed by atoms with Gasteiger partial charge >= 0.3 is 0 Å². The number of aliphatic hydroxyl groups excluding tert-OH is 1. The van der Waals surface area contributed by atoms with Crippen LogP contribution in [0.5, 0.6) is 0 Å².